The number of aliphatic hydroxyl groups is 1. The van der Waals surface area contributed by atoms with E-state index in [1.807, 2.05) is 0 Å². The van der Waals surface area contributed by atoms with Gasteiger partial charge in [-0.2, -0.15) is 4.31 Å². The molecule has 1 N–H and O–H groups in total. The summed E-state index contributed by atoms with van der Waals surface area (Å²) in [7, 11) is -1.99. The van der Waals surface area contributed by atoms with E-state index in [0.717, 1.165) is 24.9 Å². The van der Waals surface area contributed by atoms with E-state index in [0.29, 0.717) is 13.1 Å². The summed E-state index contributed by atoms with van der Waals surface area (Å²) >= 11 is 0. The Morgan fingerprint density at radius 1 is 1.06 bits per heavy atom. The highest BCUT2D eigenvalue weighted by atomic mass is 32.2. The van der Waals surface area contributed by atoms with Crippen molar-refractivity contribution < 1.29 is 13.5 Å². The molecule has 7 nitrogen and oxygen atoms in total. The molecule has 0 saturated carbocycles. The van der Waals surface area contributed by atoms with E-state index in [1.54, 1.807) is 22.1 Å². The van der Waals surface area contributed by atoms with Crippen molar-refractivity contribution in [2.24, 2.45) is 7.05 Å². The Balaban J connectivity index is 1.44. The quantitative estimate of drug-likeness (QED) is 0.589. The van der Waals surface area contributed by atoms with Crippen molar-refractivity contribution in [3.8, 4) is 11.1 Å². The normalized spacial score (nSPS) is 23.8. The first-order chi connectivity index (χ1) is 16.8. The minimum atomic E-state index is -3.70. The summed E-state index contributed by atoms with van der Waals surface area (Å²) in [5.74, 6) is 0.0739. The number of aryl methyl sites for hydroxylation is 2. The monoisotopic (exact) mass is 494 g/mol. The molecule has 0 spiro atoms. The second-order valence-corrected chi connectivity index (χ2v) is 11.7. The maximum absolute atomic E-state index is 13.4. The van der Waals surface area contributed by atoms with Crippen LogP contribution in [-0.4, -0.2) is 70.6 Å². The van der Waals surface area contributed by atoms with Crippen LogP contribution in [-0.2, 0) is 17.1 Å². The SMILES string of the molecule is Cc1cccc(-c2ccc([C@@H]3[C@@H](CO)N4CCCCN(S(=O)(=O)c5nccn5C)C[C@@H]34)cc2)c1C. The molecule has 0 unspecified atom stereocenters. The van der Waals surface area contributed by atoms with Crippen molar-refractivity contribution in [1.82, 2.24) is 18.8 Å². The standard InChI is InChI=1S/C27H34N4O3S/c1-19-7-6-8-23(20(19)2)21-9-11-22(12-10-21)26-24-17-30(14-4-5-15-31(24)25(26)18-32)35(33,34)27-28-13-16-29(27)3/h6-13,16,24-26,32H,4-5,14-15,17-18H2,1-3H3/t24-,25+,26-/m0/s1. The highest BCUT2D eigenvalue weighted by Crippen LogP contribution is 2.43. The average molecular weight is 495 g/mol. The lowest BCUT2D eigenvalue weighted by Gasteiger charge is -2.57. The Kier molecular flexibility index (Phi) is 6.57. The van der Waals surface area contributed by atoms with Crippen molar-refractivity contribution in [2.45, 2.75) is 49.8 Å². The van der Waals surface area contributed by atoms with Crippen molar-refractivity contribution in [2.75, 3.05) is 26.2 Å². The summed E-state index contributed by atoms with van der Waals surface area (Å²) in [6, 6.07) is 15.0. The number of nitrogens with zero attached hydrogens (tertiary/aromatic N) is 4. The molecule has 3 aromatic rings. The summed E-state index contributed by atoms with van der Waals surface area (Å²) in [5, 5.41) is 10.3. The van der Waals surface area contributed by atoms with Crippen LogP contribution in [0.15, 0.2) is 60.0 Å². The van der Waals surface area contributed by atoms with Crippen LogP contribution in [0.25, 0.3) is 11.1 Å². The molecule has 2 fully saturated rings. The maximum atomic E-state index is 13.4. The van der Waals surface area contributed by atoms with Gasteiger partial charge >= 0.3 is 0 Å². The Morgan fingerprint density at radius 3 is 2.49 bits per heavy atom. The van der Waals surface area contributed by atoms with Crippen LogP contribution in [0.4, 0.5) is 0 Å². The number of aliphatic hydroxyl groups excluding tert-OH is 1. The van der Waals surface area contributed by atoms with E-state index in [2.05, 4.69) is 66.2 Å². The molecular formula is C27H34N4O3S. The number of hydrogen-bond donors (Lipinski definition) is 1. The second kappa shape index (κ2) is 9.50. The van der Waals surface area contributed by atoms with Gasteiger partial charge in [0.15, 0.2) is 0 Å². The lowest BCUT2D eigenvalue weighted by atomic mass is 9.74. The highest BCUT2D eigenvalue weighted by molar-refractivity contribution is 7.89. The van der Waals surface area contributed by atoms with Crippen molar-refractivity contribution in [1.29, 1.82) is 0 Å². The maximum Gasteiger partial charge on any atom is 0.277 e. The van der Waals surface area contributed by atoms with Gasteiger partial charge in [-0.15, -0.1) is 0 Å². The van der Waals surface area contributed by atoms with E-state index in [4.69, 9.17) is 0 Å². The predicted octanol–water partition coefficient (Wildman–Crippen LogP) is 3.32. The topological polar surface area (TPSA) is 78.7 Å². The van der Waals surface area contributed by atoms with Crippen molar-refractivity contribution in [3.05, 3.63) is 71.5 Å². The van der Waals surface area contributed by atoms with Gasteiger partial charge in [0.05, 0.1) is 6.61 Å². The zero-order chi connectivity index (χ0) is 24.7. The molecule has 0 amide bonds. The van der Waals surface area contributed by atoms with E-state index in [-0.39, 0.29) is 29.8 Å². The Hall–Kier alpha value is -2.52. The Labute approximate surface area is 208 Å². The van der Waals surface area contributed by atoms with Crippen LogP contribution < -0.4 is 0 Å². The molecule has 3 heterocycles. The van der Waals surface area contributed by atoms with Crippen LogP contribution >= 0.6 is 0 Å². The third-order valence-electron chi connectivity index (χ3n) is 7.89. The minimum absolute atomic E-state index is 0.00220. The van der Waals surface area contributed by atoms with E-state index < -0.39 is 10.0 Å². The molecule has 2 aliphatic rings. The molecule has 35 heavy (non-hydrogen) atoms. The summed E-state index contributed by atoms with van der Waals surface area (Å²) in [4.78, 5) is 6.41. The molecule has 8 heteroatoms. The number of hydrogen-bond acceptors (Lipinski definition) is 5. The number of rotatable bonds is 5. The zero-order valence-electron chi connectivity index (χ0n) is 20.6. The highest BCUT2D eigenvalue weighted by Gasteiger charge is 2.50. The number of fused-ring (bicyclic) bond motifs is 1. The Morgan fingerprint density at radius 2 is 1.80 bits per heavy atom. The van der Waals surface area contributed by atoms with E-state index in [1.165, 1.54) is 28.5 Å². The molecule has 0 aliphatic carbocycles. The van der Waals surface area contributed by atoms with Crippen molar-refractivity contribution in [3.63, 3.8) is 0 Å². The summed E-state index contributed by atoms with van der Waals surface area (Å²) < 4.78 is 30.0. The number of aromatic nitrogens is 2. The zero-order valence-corrected chi connectivity index (χ0v) is 21.4. The lowest BCUT2D eigenvalue weighted by molar-refractivity contribution is -0.0554. The van der Waals surface area contributed by atoms with Gasteiger partial charge in [0.25, 0.3) is 10.0 Å². The van der Waals surface area contributed by atoms with Gasteiger partial charge < -0.3 is 9.67 Å². The van der Waals surface area contributed by atoms with Crippen LogP contribution in [0.3, 0.4) is 0 Å². The minimum Gasteiger partial charge on any atom is -0.395 e. The molecule has 2 saturated heterocycles. The molecule has 5 rings (SSSR count). The fourth-order valence-electron chi connectivity index (χ4n) is 5.79. The van der Waals surface area contributed by atoms with Gasteiger partial charge in [-0.1, -0.05) is 42.5 Å². The fourth-order valence-corrected chi connectivity index (χ4v) is 7.36. The van der Waals surface area contributed by atoms with Gasteiger partial charge in [-0.05, 0) is 61.1 Å². The summed E-state index contributed by atoms with van der Waals surface area (Å²) in [6.45, 7) is 6.10. The molecule has 1 aromatic heterocycles. The molecule has 0 radical (unpaired) electrons. The van der Waals surface area contributed by atoms with Gasteiger partial charge in [0.2, 0.25) is 5.16 Å². The fraction of sp³-hybridized carbons (Fsp3) is 0.444. The smallest absolute Gasteiger partial charge is 0.277 e. The number of imidazole rings is 1. The van der Waals surface area contributed by atoms with E-state index >= 15 is 0 Å². The van der Waals surface area contributed by atoms with Crippen LogP contribution in [0.2, 0.25) is 0 Å². The largest absolute Gasteiger partial charge is 0.395 e. The van der Waals surface area contributed by atoms with Crippen LogP contribution in [0, 0.1) is 13.8 Å². The molecule has 186 valence electrons. The summed E-state index contributed by atoms with van der Waals surface area (Å²) in [5.41, 5.74) is 6.09. The average Bonchev–Trinajstić information content (AvgIpc) is 3.27. The first-order valence-electron chi connectivity index (χ1n) is 12.3. The predicted molar refractivity (Wildman–Crippen MR) is 137 cm³/mol. The number of sulfonamides is 1. The number of benzene rings is 2. The van der Waals surface area contributed by atoms with Gasteiger partial charge in [0.1, 0.15) is 0 Å². The van der Waals surface area contributed by atoms with E-state index in [9.17, 15) is 13.5 Å². The van der Waals surface area contributed by atoms with Crippen LogP contribution in [0.1, 0.15) is 35.4 Å². The summed E-state index contributed by atoms with van der Waals surface area (Å²) in [6.07, 6.45) is 4.88. The lowest BCUT2D eigenvalue weighted by Crippen LogP contribution is -2.67. The van der Waals surface area contributed by atoms with Gasteiger partial charge in [-0.3, -0.25) is 4.90 Å². The molecular weight excluding hydrogens is 460 g/mol. The van der Waals surface area contributed by atoms with Gasteiger partial charge in [-0.25, -0.2) is 13.4 Å². The van der Waals surface area contributed by atoms with Crippen molar-refractivity contribution >= 4 is 10.0 Å². The first-order valence-corrected chi connectivity index (χ1v) is 13.8. The third kappa shape index (κ3) is 4.22. The first kappa shape index (κ1) is 24.2. The van der Waals surface area contributed by atoms with Gasteiger partial charge in [0, 0.05) is 50.5 Å². The third-order valence-corrected chi connectivity index (χ3v) is 9.76. The Bertz CT molecular complexity index is 1300. The molecule has 2 aliphatic heterocycles. The second-order valence-electron chi connectivity index (χ2n) is 9.84. The molecule has 0 bridgehead atoms. The van der Waals surface area contributed by atoms with Crippen LogP contribution in [0.5, 0.6) is 0 Å². The molecule has 2 aromatic carbocycles. The molecule has 3 atom stereocenters.